The zero-order valence-electron chi connectivity index (χ0n) is 13.5. The molecular weight excluding hydrogens is 382 g/mol. The predicted octanol–water partition coefficient (Wildman–Crippen LogP) is 4.43. The lowest BCUT2D eigenvalue weighted by Crippen LogP contribution is -2.29. The van der Waals surface area contributed by atoms with Gasteiger partial charge >= 0.3 is 6.09 Å². The molecule has 8 heteroatoms. The summed E-state index contributed by atoms with van der Waals surface area (Å²) in [5.41, 5.74) is 1.11. The van der Waals surface area contributed by atoms with Crippen LogP contribution >= 0.6 is 23.2 Å². The number of likely N-dealkylation sites (tertiary alicyclic amines) is 1. The van der Waals surface area contributed by atoms with Gasteiger partial charge in [0.25, 0.3) is 0 Å². The van der Waals surface area contributed by atoms with E-state index in [2.05, 4.69) is 4.98 Å². The van der Waals surface area contributed by atoms with Gasteiger partial charge in [0.2, 0.25) is 5.88 Å². The molecule has 3 atom stereocenters. The van der Waals surface area contributed by atoms with Crippen LogP contribution in [-0.2, 0) is 6.61 Å². The first-order valence-corrected chi connectivity index (χ1v) is 8.90. The van der Waals surface area contributed by atoms with Crippen LogP contribution in [0.25, 0.3) is 0 Å². The van der Waals surface area contributed by atoms with Gasteiger partial charge in [0.05, 0.1) is 10.7 Å². The highest BCUT2D eigenvalue weighted by Crippen LogP contribution is 2.59. The van der Waals surface area contributed by atoms with Gasteiger partial charge in [-0.3, -0.25) is 0 Å². The predicted molar refractivity (Wildman–Crippen MR) is 94.3 cm³/mol. The molecule has 2 heterocycles. The Kier molecular flexibility index (Phi) is 4.40. The smallest absolute Gasteiger partial charge is 0.407 e. The minimum absolute atomic E-state index is 0.0292. The Bertz CT molecular complexity index is 868. The molecule has 1 aliphatic heterocycles. The lowest BCUT2D eigenvalue weighted by Gasteiger charge is -2.16. The number of halogens is 3. The fourth-order valence-corrected chi connectivity index (χ4v) is 4.02. The van der Waals surface area contributed by atoms with E-state index in [9.17, 15) is 9.18 Å². The molecule has 2 fully saturated rings. The molecule has 136 valence electrons. The van der Waals surface area contributed by atoms with Crippen LogP contribution in [0.1, 0.15) is 17.2 Å². The third-order valence-corrected chi connectivity index (χ3v) is 5.57. The number of benzene rings is 1. The fraction of sp³-hybridized carbons (Fsp3) is 0.333. The van der Waals surface area contributed by atoms with E-state index in [1.807, 2.05) is 0 Å². The number of hydrogen-bond acceptors (Lipinski definition) is 3. The molecule has 4 rings (SSSR count). The molecule has 2 aromatic rings. The Morgan fingerprint density at radius 1 is 1.27 bits per heavy atom. The summed E-state index contributed by atoms with van der Waals surface area (Å²) in [6.07, 6.45) is -0.892. The lowest BCUT2D eigenvalue weighted by atomic mass is 10.1. The summed E-state index contributed by atoms with van der Waals surface area (Å²) < 4.78 is 19.4. The van der Waals surface area contributed by atoms with Crippen LogP contribution in [0, 0.1) is 17.7 Å². The Morgan fingerprint density at radius 3 is 2.65 bits per heavy atom. The lowest BCUT2D eigenvalue weighted by molar-refractivity contribution is 0.150. The van der Waals surface area contributed by atoms with Crippen LogP contribution in [0.15, 0.2) is 30.3 Å². The number of nitrogens with zero attached hydrogens (tertiary/aromatic N) is 2. The van der Waals surface area contributed by atoms with Crippen molar-refractivity contribution < 1.29 is 19.0 Å². The van der Waals surface area contributed by atoms with Crippen molar-refractivity contribution in [3.63, 3.8) is 0 Å². The highest BCUT2D eigenvalue weighted by atomic mass is 35.5. The van der Waals surface area contributed by atoms with E-state index < -0.39 is 11.9 Å². The largest absolute Gasteiger partial charge is 0.473 e. The van der Waals surface area contributed by atoms with Gasteiger partial charge in [0.1, 0.15) is 12.4 Å². The molecule has 1 saturated heterocycles. The Morgan fingerprint density at radius 2 is 2.00 bits per heavy atom. The van der Waals surface area contributed by atoms with Crippen LogP contribution in [0.4, 0.5) is 9.18 Å². The summed E-state index contributed by atoms with van der Waals surface area (Å²) >= 11 is 12.0. The summed E-state index contributed by atoms with van der Waals surface area (Å²) in [7, 11) is 0. The molecule has 1 amide bonds. The van der Waals surface area contributed by atoms with E-state index >= 15 is 0 Å². The quantitative estimate of drug-likeness (QED) is 0.829. The second-order valence-corrected chi connectivity index (χ2v) is 7.43. The van der Waals surface area contributed by atoms with Gasteiger partial charge in [-0.25, -0.2) is 14.2 Å². The maximum Gasteiger partial charge on any atom is 0.407 e. The Labute approximate surface area is 159 Å². The van der Waals surface area contributed by atoms with E-state index in [0.717, 1.165) is 5.69 Å². The second-order valence-electron chi connectivity index (χ2n) is 6.58. The zero-order chi connectivity index (χ0) is 18.4. The van der Waals surface area contributed by atoms with E-state index in [1.54, 1.807) is 24.3 Å². The standard InChI is InChI=1S/C18H15Cl2FN2O3/c19-10-2-1-9(14(21)5-10)8-26-15-4-3-13(20)17(22-15)16-11-6-23(18(24)25)7-12(11)16/h1-5,11-12,16H,6-8H2,(H,24,25)/t11-,12+,16-. The van der Waals surface area contributed by atoms with E-state index in [1.165, 1.54) is 11.0 Å². The van der Waals surface area contributed by atoms with Crippen molar-refractivity contribution in [2.24, 2.45) is 11.8 Å². The first-order valence-electron chi connectivity index (χ1n) is 8.15. The van der Waals surface area contributed by atoms with Gasteiger partial charge in [0, 0.05) is 35.7 Å². The summed E-state index contributed by atoms with van der Waals surface area (Å²) in [5, 5.41) is 9.92. The minimum atomic E-state index is -0.892. The molecule has 0 radical (unpaired) electrons. The van der Waals surface area contributed by atoms with Crippen LogP contribution in [0.3, 0.4) is 0 Å². The Balaban J connectivity index is 1.45. The molecule has 1 saturated carbocycles. The van der Waals surface area contributed by atoms with Crippen LogP contribution in [0.2, 0.25) is 10.0 Å². The number of pyridine rings is 1. The number of amides is 1. The number of carbonyl (C=O) groups is 1. The average Bonchev–Trinajstić information content (AvgIpc) is 3.07. The van der Waals surface area contributed by atoms with Gasteiger partial charge in [-0.05, 0) is 30.0 Å². The van der Waals surface area contributed by atoms with Crippen molar-refractivity contribution in [3.8, 4) is 5.88 Å². The van der Waals surface area contributed by atoms with E-state index in [4.69, 9.17) is 33.0 Å². The topological polar surface area (TPSA) is 62.7 Å². The monoisotopic (exact) mass is 396 g/mol. The number of carboxylic acid groups (broad SMARTS) is 1. The number of ether oxygens (including phenoxy) is 1. The molecule has 1 N–H and O–H groups in total. The van der Waals surface area contributed by atoms with Crippen LogP contribution in [-0.4, -0.2) is 34.2 Å². The molecule has 26 heavy (non-hydrogen) atoms. The van der Waals surface area contributed by atoms with Crippen molar-refractivity contribution in [1.82, 2.24) is 9.88 Å². The highest BCUT2D eigenvalue weighted by Gasteiger charge is 2.58. The molecule has 1 aromatic heterocycles. The second kappa shape index (κ2) is 6.59. The molecule has 1 aliphatic carbocycles. The maximum atomic E-state index is 13.8. The first kappa shape index (κ1) is 17.4. The van der Waals surface area contributed by atoms with Gasteiger partial charge in [-0.2, -0.15) is 0 Å². The minimum Gasteiger partial charge on any atom is -0.473 e. The number of piperidine rings is 1. The van der Waals surface area contributed by atoms with Gasteiger partial charge in [-0.1, -0.05) is 29.3 Å². The van der Waals surface area contributed by atoms with E-state index in [-0.39, 0.29) is 24.4 Å². The molecule has 0 spiro atoms. The number of fused-ring (bicyclic) bond motifs is 1. The zero-order valence-corrected chi connectivity index (χ0v) is 15.0. The third kappa shape index (κ3) is 3.19. The van der Waals surface area contributed by atoms with Crippen molar-refractivity contribution in [3.05, 3.63) is 57.5 Å². The number of hydrogen-bond donors (Lipinski definition) is 1. The molecule has 1 aromatic carbocycles. The van der Waals surface area contributed by atoms with Crippen LogP contribution < -0.4 is 4.74 Å². The summed E-state index contributed by atoms with van der Waals surface area (Å²) in [6.45, 7) is 1.04. The summed E-state index contributed by atoms with van der Waals surface area (Å²) in [6, 6.07) is 7.76. The normalized spacial score (nSPS) is 23.7. The fourth-order valence-electron chi connectivity index (χ4n) is 3.63. The average molecular weight is 397 g/mol. The molecular formula is C18H15Cl2FN2O3. The van der Waals surface area contributed by atoms with Crippen molar-refractivity contribution in [2.45, 2.75) is 12.5 Å². The molecule has 0 bridgehead atoms. The summed E-state index contributed by atoms with van der Waals surface area (Å²) in [5.74, 6) is 0.574. The van der Waals surface area contributed by atoms with Gasteiger partial charge in [-0.15, -0.1) is 0 Å². The summed E-state index contributed by atoms with van der Waals surface area (Å²) in [4.78, 5) is 16.9. The van der Waals surface area contributed by atoms with Crippen molar-refractivity contribution in [1.29, 1.82) is 0 Å². The number of rotatable bonds is 4. The highest BCUT2D eigenvalue weighted by molar-refractivity contribution is 6.31. The van der Waals surface area contributed by atoms with Crippen LogP contribution in [0.5, 0.6) is 5.88 Å². The van der Waals surface area contributed by atoms with Gasteiger partial charge < -0.3 is 14.7 Å². The van der Waals surface area contributed by atoms with Crippen molar-refractivity contribution >= 4 is 29.3 Å². The number of aromatic nitrogens is 1. The van der Waals surface area contributed by atoms with E-state index in [0.29, 0.717) is 34.6 Å². The first-order chi connectivity index (χ1) is 12.4. The molecule has 5 nitrogen and oxygen atoms in total. The molecule has 0 unspecified atom stereocenters. The third-order valence-electron chi connectivity index (χ3n) is 5.02. The maximum absolute atomic E-state index is 13.8. The van der Waals surface area contributed by atoms with Crippen molar-refractivity contribution in [2.75, 3.05) is 13.1 Å². The van der Waals surface area contributed by atoms with Gasteiger partial charge in [0.15, 0.2) is 0 Å². The SMILES string of the molecule is O=C(O)N1C[C@@H]2[C@H](C1)[C@@H]2c1nc(OCc2ccc(Cl)cc2F)ccc1Cl. The Hall–Kier alpha value is -2.05. The molecule has 2 aliphatic rings.